The first kappa shape index (κ1) is 27.0. The van der Waals surface area contributed by atoms with Crippen LogP contribution < -0.4 is 10.2 Å². The number of hydrogen-bond acceptors (Lipinski definition) is 5. The van der Waals surface area contributed by atoms with Gasteiger partial charge in [-0.3, -0.25) is 14.2 Å². The molecule has 2 aliphatic rings. The Morgan fingerprint density at radius 1 is 1.22 bits per heavy atom. The van der Waals surface area contributed by atoms with Gasteiger partial charge in [0, 0.05) is 36.7 Å². The number of amides is 1. The predicted molar refractivity (Wildman–Crippen MR) is 130 cm³/mol. The van der Waals surface area contributed by atoms with Gasteiger partial charge >= 0.3 is 6.18 Å². The van der Waals surface area contributed by atoms with E-state index in [-0.39, 0.29) is 35.4 Å². The first-order valence-corrected chi connectivity index (χ1v) is 12.4. The first-order chi connectivity index (χ1) is 17.4. The summed E-state index contributed by atoms with van der Waals surface area (Å²) in [5, 5.41) is 12.0. The fourth-order valence-electron chi connectivity index (χ4n) is 4.74. The molecule has 8 nitrogen and oxygen atoms in total. The summed E-state index contributed by atoms with van der Waals surface area (Å²) >= 11 is 0. The summed E-state index contributed by atoms with van der Waals surface area (Å²) in [4.78, 5) is 17.7. The molecule has 11 heteroatoms. The molecule has 1 amide bonds. The Morgan fingerprint density at radius 3 is 2.54 bits per heavy atom. The Labute approximate surface area is 213 Å². The van der Waals surface area contributed by atoms with E-state index < -0.39 is 17.6 Å². The highest BCUT2D eigenvalue weighted by molar-refractivity contribution is 5.97. The van der Waals surface area contributed by atoms with Gasteiger partial charge in [-0.2, -0.15) is 18.2 Å². The second-order valence-electron chi connectivity index (χ2n) is 10.8. The lowest BCUT2D eigenvalue weighted by atomic mass is 9.84. The smallest absolute Gasteiger partial charge is 0.416 e. The number of benzene rings is 1. The summed E-state index contributed by atoms with van der Waals surface area (Å²) < 4.78 is 55.8. The fraction of sp³-hybridized carbons (Fsp3) is 0.577. The van der Waals surface area contributed by atoms with Crippen molar-refractivity contribution in [3.63, 3.8) is 0 Å². The van der Waals surface area contributed by atoms with E-state index in [0.717, 1.165) is 36.7 Å². The Hall–Kier alpha value is -3.08. The summed E-state index contributed by atoms with van der Waals surface area (Å²) in [7, 11) is 1.88. The van der Waals surface area contributed by atoms with Crippen molar-refractivity contribution in [3.8, 4) is 5.75 Å². The molecule has 2 aromatic rings. The number of carbonyl (C=O) groups is 1. The highest BCUT2D eigenvalue weighted by Crippen LogP contribution is 2.34. The molecule has 1 atom stereocenters. The molecule has 37 heavy (non-hydrogen) atoms. The van der Waals surface area contributed by atoms with Crippen molar-refractivity contribution in [2.24, 2.45) is 23.1 Å². The third kappa shape index (κ3) is 6.08. The number of aromatic nitrogens is 2. The molecule has 1 saturated carbocycles. The average Bonchev–Trinajstić information content (AvgIpc) is 3.41. The normalized spacial score (nSPS) is 20.7. The summed E-state index contributed by atoms with van der Waals surface area (Å²) in [6, 6.07) is 4.65. The van der Waals surface area contributed by atoms with Gasteiger partial charge in [0.1, 0.15) is 5.75 Å². The molecule has 0 spiro atoms. The Bertz CT molecular complexity index is 1240. The van der Waals surface area contributed by atoms with Gasteiger partial charge in [0.25, 0.3) is 5.91 Å². The number of oxime groups is 1. The van der Waals surface area contributed by atoms with E-state index in [4.69, 9.17) is 14.7 Å². The van der Waals surface area contributed by atoms with Gasteiger partial charge in [0.2, 0.25) is 0 Å². The van der Waals surface area contributed by atoms with Gasteiger partial charge in [0.15, 0.2) is 5.49 Å². The Kier molecular flexibility index (Phi) is 7.55. The summed E-state index contributed by atoms with van der Waals surface area (Å²) in [5.41, 5.74) is 0.445. The molecular formula is C26H33F3N4O4. The number of hydrogen-bond donors (Lipinski definition) is 1. The van der Waals surface area contributed by atoms with Crippen molar-refractivity contribution < 1.29 is 32.6 Å². The van der Waals surface area contributed by atoms with E-state index in [1.807, 2.05) is 37.2 Å². The minimum atomic E-state index is -4.63. The van der Waals surface area contributed by atoms with Gasteiger partial charge in [-0.1, -0.05) is 25.9 Å². The van der Waals surface area contributed by atoms with Crippen molar-refractivity contribution in [2.45, 2.75) is 70.7 Å². The molecule has 1 aliphatic heterocycles. The van der Waals surface area contributed by atoms with Crippen LogP contribution in [0.15, 0.2) is 34.4 Å². The van der Waals surface area contributed by atoms with Crippen LogP contribution in [-0.4, -0.2) is 45.5 Å². The molecule has 0 radical (unpaired) electrons. The lowest BCUT2D eigenvalue weighted by Crippen LogP contribution is -2.30. The quantitative estimate of drug-likeness (QED) is 0.441. The van der Waals surface area contributed by atoms with Gasteiger partial charge in [-0.25, -0.2) is 0 Å². The van der Waals surface area contributed by atoms with Crippen molar-refractivity contribution in [2.75, 3.05) is 13.2 Å². The van der Waals surface area contributed by atoms with E-state index >= 15 is 0 Å². The second-order valence-corrected chi connectivity index (χ2v) is 10.8. The SMILES string of the molecule is Cn1c(C(C)(C)C)c/c(=N\C(=O)c2cc(C(F)(F)F)ccc2OCC2CC(=NO)C2)n1C[C@H]1CCCO1. The molecule has 1 aromatic carbocycles. The van der Waals surface area contributed by atoms with Crippen LogP contribution in [0.3, 0.4) is 0 Å². The van der Waals surface area contributed by atoms with Crippen LogP contribution in [0.2, 0.25) is 0 Å². The fourth-order valence-corrected chi connectivity index (χ4v) is 4.74. The standard InChI is InChI=1S/C26H33F3N4O4/c1-25(2,3)22-13-23(33(32(22)4)14-19-6-5-9-36-19)30-24(34)20-12-17(26(27,28)29)7-8-21(20)37-15-16-10-18(11-16)31-35/h7-8,12-13,16,19,35H,5-6,9-11,14-15H2,1-4H3/b30-23+,31-18?/t16?,19-/m1/s1. The number of rotatable bonds is 6. The van der Waals surface area contributed by atoms with Gasteiger partial charge < -0.3 is 14.7 Å². The molecule has 1 N–H and O–H groups in total. The molecule has 2 heterocycles. The maximum absolute atomic E-state index is 13.5. The highest BCUT2D eigenvalue weighted by Gasteiger charge is 2.33. The molecule has 1 saturated heterocycles. The van der Waals surface area contributed by atoms with Crippen LogP contribution in [0.5, 0.6) is 5.75 Å². The largest absolute Gasteiger partial charge is 0.492 e. The minimum Gasteiger partial charge on any atom is -0.492 e. The first-order valence-electron chi connectivity index (χ1n) is 12.4. The van der Waals surface area contributed by atoms with E-state index in [1.165, 1.54) is 0 Å². The van der Waals surface area contributed by atoms with E-state index in [0.29, 0.717) is 37.2 Å². The molecular weight excluding hydrogens is 489 g/mol. The summed E-state index contributed by atoms with van der Waals surface area (Å²) in [6.07, 6.45) is -1.75. The van der Waals surface area contributed by atoms with Crippen molar-refractivity contribution in [3.05, 3.63) is 46.6 Å². The molecule has 1 aliphatic carbocycles. The number of ether oxygens (including phenoxy) is 2. The number of carbonyl (C=O) groups excluding carboxylic acids is 1. The van der Waals surface area contributed by atoms with E-state index in [2.05, 4.69) is 10.1 Å². The zero-order valence-electron chi connectivity index (χ0n) is 21.5. The number of nitrogens with zero attached hydrogens (tertiary/aromatic N) is 4. The number of alkyl halides is 3. The van der Waals surface area contributed by atoms with Gasteiger partial charge in [-0.05, 0) is 43.9 Å². The highest BCUT2D eigenvalue weighted by atomic mass is 19.4. The predicted octanol–water partition coefficient (Wildman–Crippen LogP) is 4.68. The van der Waals surface area contributed by atoms with Crippen molar-refractivity contribution >= 4 is 11.6 Å². The third-order valence-corrected chi connectivity index (χ3v) is 6.83. The molecule has 0 bridgehead atoms. The molecule has 0 unspecified atom stereocenters. The maximum atomic E-state index is 13.5. The minimum absolute atomic E-state index is 0.0299. The summed E-state index contributed by atoms with van der Waals surface area (Å²) in [5.74, 6) is -0.724. The van der Waals surface area contributed by atoms with E-state index in [9.17, 15) is 18.0 Å². The van der Waals surface area contributed by atoms with Crippen LogP contribution >= 0.6 is 0 Å². The van der Waals surface area contributed by atoms with Crippen molar-refractivity contribution in [1.82, 2.24) is 9.36 Å². The maximum Gasteiger partial charge on any atom is 0.416 e. The Balaban J connectivity index is 1.71. The van der Waals surface area contributed by atoms with Crippen LogP contribution in [0, 0.1) is 5.92 Å². The molecule has 2 fully saturated rings. The lowest BCUT2D eigenvalue weighted by Gasteiger charge is -2.26. The van der Waals surface area contributed by atoms with E-state index in [1.54, 1.807) is 6.07 Å². The molecule has 4 rings (SSSR count). The molecule has 1 aromatic heterocycles. The second kappa shape index (κ2) is 10.4. The average molecular weight is 523 g/mol. The van der Waals surface area contributed by atoms with Gasteiger partial charge in [0.05, 0.1) is 36.1 Å². The van der Waals surface area contributed by atoms with Crippen LogP contribution in [-0.2, 0) is 29.9 Å². The van der Waals surface area contributed by atoms with Crippen LogP contribution in [0.4, 0.5) is 13.2 Å². The van der Waals surface area contributed by atoms with Gasteiger partial charge in [-0.15, -0.1) is 0 Å². The van der Waals surface area contributed by atoms with Crippen LogP contribution in [0.1, 0.15) is 68.1 Å². The lowest BCUT2D eigenvalue weighted by molar-refractivity contribution is -0.137. The molecule has 202 valence electrons. The summed E-state index contributed by atoms with van der Waals surface area (Å²) in [6.45, 7) is 7.44. The topological polar surface area (TPSA) is 90.3 Å². The zero-order chi connectivity index (χ0) is 27.0. The monoisotopic (exact) mass is 522 g/mol. The number of halogens is 3. The third-order valence-electron chi connectivity index (χ3n) is 6.83. The van der Waals surface area contributed by atoms with Crippen molar-refractivity contribution in [1.29, 1.82) is 0 Å². The zero-order valence-corrected chi connectivity index (χ0v) is 21.5. The Morgan fingerprint density at radius 2 is 1.95 bits per heavy atom. The van der Waals surface area contributed by atoms with Crippen LogP contribution in [0.25, 0.3) is 0 Å².